The molecule has 32 heavy (non-hydrogen) atoms. The smallest absolute Gasteiger partial charge is 0.257 e. The minimum atomic E-state index is -0.221. The Bertz CT molecular complexity index is 1280. The molecule has 1 saturated heterocycles. The fourth-order valence-electron chi connectivity index (χ4n) is 3.63. The number of likely N-dealkylation sites (N-methyl/N-ethyl adjacent to an activating group) is 1. The van der Waals surface area contributed by atoms with Crippen molar-refractivity contribution in [2.24, 2.45) is 0 Å². The first-order valence-electron chi connectivity index (χ1n) is 10.5. The molecule has 1 fully saturated rings. The standard InChI is InChI=1S/C23H23N7OS/c1-15-14-32-23(26-15)18-4-3-17-13-25-20(12-19(17)27-18)28-22(31)16-5-6-24-21(11-16)30-9-7-29(2)8-10-30/h3-6,11-14H,7-10H2,1-2H3,(H,25,28,31). The summed E-state index contributed by atoms with van der Waals surface area (Å²) in [5, 5.41) is 6.68. The van der Waals surface area contributed by atoms with Crippen LogP contribution in [0.5, 0.6) is 0 Å². The lowest BCUT2D eigenvalue weighted by Crippen LogP contribution is -2.44. The Kier molecular flexibility index (Phi) is 5.50. The minimum absolute atomic E-state index is 0.221. The number of hydrogen-bond donors (Lipinski definition) is 1. The summed E-state index contributed by atoms with van der Waals surface area (Å²) in [5.41, 5.74) is 3.09. The van der Waals surface area contributed by atoms with Crippen molar-refractivity contribution in [1.82, 2.24) is 24.8 Å². The zero-order valence-electron chi connectivity index (χ0n) is 17.9. The van der Waals surface area contributed by atoms with Crippen molar-refractivity contribution in [1.29, 1.82) is 0 Å². The first kappa shape index (κ1) is 20.5. The molecule has 1 amide bonds. The number of carbonyl (C=O) groups excluding carboxylic acids is 1. The number of aryl methyl sites for hydroxylation is 1. The number of piperazine rings is 1. The molecule has 1 aliphatic heterocycles. The third-order valence-corrected chi connectivity index (χ3v) is 6.47. The maximum atomic E-state index is 12.9. The number of pyridine rings is 3. The Morgan fingerprint density at radius 1 is 1.06 bits per heavy atom. The van der Waals surface area contributed by atoms with Crippen LogP contribution in [0.4, 0.5) is 11.6 Å². The predicted molar refractivity (Wildman–Crippen MR) is 127 cm³/mol. The van der Waals surface area contributed by atoms with Crippen molar-refractivity contribution in [3.63, 3.8) is 0 Å². The number of fused-ring (bicyclic) bond motifs is 1. The zero-order valence-corrected chi connectivity index (χ0v) is 18.8. The van der Waals surface area contributed by atoms with Gasteiger partial charge in [-0.25, -0.2) is 19.9 Å². The minimum Gasteiger partial charge on any atom is -0.354 e. The van der Waals surface area contributed by atoms with E-state index in [-0.39, 0.29) is 5.91 Å². The lowest BCUT2D eigenvalue weighted by atomic mass is 10.2. The molecule has 0 radical (unpaired) electrons. The van der Waals surface area contributed by atoms with E-state index in [0.717, 1.165) is 59.3 Å². The fourth-order valence-corrected chi connectivity index (χ4v) is 4.40. The van der Waals surface area contributed by atoms with Crippen molar-refractivity contribution < 1.29 is 4.79 Å². The lowest BCUT2D eigenvalue weighted by Gasteiger charge is -2.33. The van der Waals surface area contributed by atoms with Crippen LogP contribution >= 0.6 is 11.3 Å². The lowest BCUT2D eigenvalue weighted by molar-refractivity contribution is 0.102. The summed E-state index contributed by atoms with van der Waals surface area (Å²) in [6.45, 7) is 5.72. The summed E-state index contributed by atoms with van der Waals surface area (Å²) in [4.78, 5) is 35.4. The second-order valence-electron chi connectivity index (χ2n) is 7.90. The molecule has 8 nitrogen and oxygen atoms in total. The van der Waals surface area contributed by atoms with Crippen molar-refractivity contribution in [2.75, 3.05) is 43.4 Å². The number of aromatic nitrogens is 4. The van der Waals surface area contributed by atoms with Gasteiger partial charge in [0.25, 0.3) is 5.91 Å². The van der Waals surface area contributed by atoms with Crippen LogP contribution in [0.1, 0.15) is 16.1 Å². The average molecular weight is 446 g/mol. The quantitative estimate of drug-likeness (QED) is 0.515. The molecule has 162 valence electrons. The van der Waals surface area contributed by atoms with E-state index in [4.69, 9.17) is 4.98 Å². The van der Waals surface area contributed by atoms with E-state index in [9.17, 15) is 4.79 Å². The summed E-state index contributed by atoms with van der Waals surface area (Å²) in [6, 6.07) is 9.26. The van der Waals surface area contributed by atoms with Crippen molar-refractivity contribution >= 4 is 39.8 Å². The fraction of sp³-hybridized carbons (Fsp3) is 0.261. The molecular formula is C23H23N7OS. The van der Waals surface area contributed by atoms with Gasteiger partial charge in [0.2, 0.25) is 0 Å². The molecule has 0 atom stereocenters. The largest absolute Gasteiger partial charge is 0.354 e. The first-order chi connectivity index (χ1) is 15.5. The van der Waals surface area contributed by atoms with Crippen molar-refractivity contribution in [3.8, 4) is 10.7 Å². The molecule has 9 heteroatoms. The van der Waals surface area contributed by atoms with Gasteiger partial charge >= 0.3 is 0 Å². The molecule has 1 N–H and O–H groups in total. The summed E-state index contributed by atoms with van der Waals surface area (Å²) < 4.78 is 0. The van der Waals surface area contributed by atoms with Crippen LogP contribution in [0, 0.1) is 6.92 Å². The molecule has 0 unspecified atom stereocenters. The topological polar surface area (TPSA) is 87.1 Å². The number of amides is 1. The summed E-state index contributed by atoms with van der Waals surface area (Å²) in [6.07, 6.45) is 3.40. The van der Waals surface area contributed by atoms with Gasteiger partial charge in [0.15, 0.2) is 0 Å². The summed E-state index contributed by atoms with van der Waals surface area (Å²) in [7, 11) is 2.11. The van der Waals surface area contributed by atoms with E-state index in [1.165, 1.54) is 0 Å². The Morgan fingerprint density at radius 2 is 1.91 bits per heavy atom. The third-order valence-electron chi connectivity index (χ3n) is 5.49. The van der Waals surface area contributed by atoms with Gasteiger partial charge < -0.3 is 15.1 Å². The van der Waals surface area contributed by atoms with E-state index in [0.29, 0.717) is 11.4 Å². The van der Waals surface area contributed by atoms with Gasteiger partial charge in [0.05, 0.1) is 11.2 Å². The summed E-state index contributed by atoms with van der Waals surface area (Å²) >= 11 is 1.56. The molecule has 1 aliphatic rings. The highest BCUT2D eigenvalue weighted by Crippen LogP contribution is 2.25. The average Bonchev–Trinajstić information content (AvgIpc) is 3.25. The predicted octanol–water partition coefficient (Wildman–Crippen LogP) is 3.46. The van der Waals surface area contributed by atoms with Gasteiger partial charge in [-0.3, -0.25) is 4.79 Å². The van der Waals surface area contributed by atoms with Gasteiger partial charge in [0.1, 0.15) is 16.6 Å². The Balaban J connectivity index is 1.36. The van der Waals surface area contributed by atoms with E-state index >= 15 is 0 Å². The van der Waals surface area contributed by atoms with E-state index in [2.05, 4.69) is 37.1 Å². The molecule has 0 spiro atoms. The molecule has 0 aromatic carbocycles. The SMILES string of the molecule is Cc1csc(-c2ccc3cnc(NC(=O)c4ccnc(N5CCN(C)CC5)c4)cc3n2)n1. The molecule has 4 aromatic heterocycles. The van der Waals surface area contributed by atoms with E-state index in [1.54, 1.807) is 35.9 Å². The number of carbonyl (C=O) groups is 1. The highest BCUT2D eigenvalue weighted by atomic mass is 32.1. The van der Waals surface area contributed by atoms with E-state index < -0.39 is 0 Å². The second kappa shape index (κ2) is 8.60. The molecule has 4 aromatic rings. The van der Waals surface area contributed by atoms with Crippen LogP contribution in [-0.4, -0.2) is 64.0 Å². The zero-order chi connectivity index (χ0) is 22.1. The molecular weight excluding hydrogens is 422 g/mol. The molecule has 0 saturated carbocycles. The number of thiazole rings is 1. The monoisotopic (exact) mass is 445 g/mol. The van der Waals surface area contributed by atoms with Crippen LogP contribution in [0.25, 0.3) is 21.6 Å². The number of nitrogens with zero attached hydrogens (tertiary/aromatic N) is 6. The van der Waals surface area contributed by atoms with Gasteiger partial charge in [-0.15, -0.1) is 11.3 Å². The number of hydrogen-bond acceptors (Lipinski definition) is 8. The van der Waals surface area contributed by atoms with Crippen LogP contribution in [0.3, 0.4) is 0 Å². The van der Waals surface area contributed by atoms with Crippen LogP contribution in [0.15, 0.2) is 48.1 Å². The Hall–Kier alpha value is -3.43. The Morgan fingerprint density at radius 3 is 2.69 bits per heavy atom. The highest BCUT2D eigenvalue weighted by Gasteiger charge is 2.17. The van der Waals surface area contributed by atoms with E-state index in [1.807, 2.05) is 30.5 Å². The van der Waals surface area contributed by atoms with Crippen LogP contribution in [-0.2, 0) is 0 Å². The maximum Gasteiger partial charge on any atom is 0.257 e. The van der Waals surface area contributed by atoms with Gasteiger partial charge in [0, 0.05) is 66.7 Å². The number of rotatable bonds is 4. The van der Waals surface area contributed by atoms with Crippen molar-refractivity contribution in [3.05, 3.63) is 59.4 Å². The summed E-state index contributed by atoms with van der Waals surface area (Å²) in [5.74, 6) is 1.06. The second-order valence-corrected chi connectivity index (χ2v) is 8.76. The van der Waals surface area contributed by atoms with Gasteiger partial charge in [-0.2, -0.15) is 0 Å². The van der Waals surface area contributed by atoms with Crippen LogP contribution in [0.2, 0.25) is 0 Å². The molecule has 0 aliphatic carbocycles. The maximum absolute atomic E-state index is 12.9. The third kappa shape index (κ3) is 4.30. The van der Waals surface area contributed by atoms with Crippen LogP contribution < -0.4 is 10.2 Å². The Labute approximate surface area is 190 Å². The number of nitrogens with one attached hydrogen (secondary N) is 1. The highest BCUT2D eigenvalue weighted by molar-refractivity contribution is 7.13. The molecule has 5 heterocycles. The first-order valence-corrected chi connectivity index (χ1v) is 11.3. The van der Waals surface area contributed by atoms with Gasteiger partial charge in [-0.05, 0) is 38.2 Å². The van der Waals surface area contributed by atoms with Gasteiger partial charge in [-0.1, -0.05) is 0 Å². The number of anilines is 2. The molecule has 5 rings (SSSR count). The van der Waals surface area contributed by atoms with Crippen molar-refractivity contribution in [2.45, 2.75) is 6.92 Å². The molecule has 0 bridgehead atoms. The normalized spacial score (nSPS) is 14.6.